The number of carbonyl (C=O) groups is 3. The maximum Gasteiger partial charge on any atom is 0.306 e. The van der Waals surface area contributed by atoms with Crippen LogP contribution >= 0.6 is 0 Å². The van der Waals surface area contributed by atoms with Gasteiger partial charge in [0.1, 0.15) is 5.75 Å². The second-order valence-electron chi connectivity index (χ2n) is 6.36. The third-order valence-electron chi connectivity index (χ3n) is 4.14. The van der Waals surface area contributed by atoms with Crippen LogP contribution in [0, 0.1) is 0 Å². The van der Waals surface area contributed by atoms with Gasteiger partial charge in [-0.3, -0.25) is 14.4 Å². The third kappa shape index (κ3) is 7.69. The lowest BCUT2D eigenvalue weighted by atomic mass is 10.1. The highest BCUT2D eigenvalue weighted by molar-refractivity contribution is 5.91. The van der Waals surface area contributed by atoms with Gasteiger partial charge in [0.05, 0.1) is 13.4 Å². The van der Waals surface area contributed by atoms with Crippen LogP contribution in [0.15, 0.2) is 47.1 Å². The Bertz CT molecular complexity index is 786. The van der Waals surface area contributed by atoms with Gasteiger partial charge in [0.2, 0.25) is 0 Å². The van der Waals surface area contributed by atoms with E-state index in [4.69, 9.17) is 13.9 Å². The molecule has 1 atom stereocenters. The van der Waals surface area contributed by atoms with Gasteiger partial charge < -0.3 is 24.5 Å². The van der Waals surface area contributed by atoms with Crippen molar-refractivity contribution in [3.8, 4) is 5.75 Å². The molecule has 2 aromatic rings. The summed E-state index contributed by atoms with van der Waals surface area (Å²) in [6.45, 7) is 2.27. The zero-order valence-corrected chi connectivity index (χ0v) is 16.6. The summed E-state index contributed by atoms with van der Waals surface area (Å²) in [5.74, 6) is -0.188. The first-order chi connectivity index (χ1) is 14.0. The van der Waals surface area contributed by atoms with E-state index in [0.29, 0.717) is 25.9 Å². The van der Waals surface area contributed by atoms with Crippen LogP contribution in [0.2, 0.25) is 0 Å². The van der Waals surface area contributed by atoms with Crippen molar-refractivity contribution in [2.45, 2.75) is 32.3 Å². The Hall–Kier alpha value is -3.29. The molecule has 0 fully saturated rings. The summed E-state index contributed by atoms with van der Waals surface area (Å²) in [5.41, 5.74) is 1.06. The number of ether oxygens (including phenoxy) is 2. The van der Waals surface area contributed by atoms with Crippen molar-refractivity contribution in [2.75, 3.05) is 20.2 Å². The van der Waals surface area contributed by atoms with Crippen LogP contribution in [0.1, 0.15) is 35.9 Å². The van der Waals surface area contributed by atoms with Crippen LogP contribution in [0.4, 0.5) is 0 Å². The van der Waals surface area contributed by atoms with E-state index in [-0.39, 0.29) is 24.0 Å². The van der Waals surface area contributed by atoms with E-state index in [1.165, 1.54) is 13.2 Å². The molecule has 2 rings (SSSR count). The van der Waals surface area contributed by atoms with Crippen LogP contribution in [-0.4, -0.2) is 44.1 Å². The van der Waals surface area contributed by atoms with Crippen molar-refractivity contribution in [3.05, 3.63) is 54.0 Å². The van der Waals surface area contributed by atoms with Gasteiger partial charge in [-0.05, 0) is 49.6 Å². The molecule has 0 saturated carbocycles. The van der Waals surface area contributed by atoms with E-state index in [9.17, 15) is 14.4 Å². The van der Waals surface area contributed by atoms with Gasteiger partial charge in [-0.15, -0.1) is 0 Å². The lowest BCUT2D eigenvalue weighted by Gasteiger charge is -2.13. The molecular weight excluding hydrogens is 376 g/mol. The number of methoxy groups -OCH3 is 1. The fraction of sp³-hybridized carbons (Fsp3) is 0.381. The molecule has 8 nitrogen and oxygen atoms in total. The van der Waals surface area contributed by atoms with E-state index < -0.39 is 12.1 Å². The summed E-state index contributed by atoms with van der Waals surface area (Å²) in [7, 11) is 1.61. The minimum atomic E-state index is -0.879. The highest BCUT2D eigenvalue weighted by Gasteiger charge is 2.17. The Labute approximate surface area is 169 Å². The minimum absolute atomic E-state index is 0.0991. The lowest BCUT2D eigenvalue weighted by molar-refractivity contribution is -0.154. The van der Waals surface area contributed by atoms with Crippen LogP contribution in [0.25, 0.3) is 0 Å². The van der Waals surface area contributed by atoms with Crippen LogP contribution in [-0.2, 0) is 20.7 Å². The lowest BCUT2D eigenvalue weighted by Crippen LogP contribution is -2.37. The number of benzene rings is 1. The van der Waals surface area contributed by atoms with Crippen molar-refractivity contribution in [3.63, 3.8) is 0 Å². The van der Waals surface area contributed by atoms with Crippen molar-refractivity contribution >= 4 is 17.8 Å². The average molecular weight is 402 g/mol. The quantitative estimate of drug-likeness (QED) is 0.440. The normalized spacial score (nSPS) is 11.4. The smallest absolute Gasteiger partial charge is 0.306 e. The van der Waals surface area contributed by atoms with Gasteiger partial charge in [-0.25, -0.2) is 0 Å². The number of rotatable bonds is 11. The largest absolute Gasteiger partial charge is 0.497 e. The molecule has 156 valence electrons. The molecule has 0 bridgehead atoms. The van der Waals surface area contributed by atoms with E-state index in [1.54, 1.807) is 19.2 Å². The topological polar surface area (TPSA) is 107 Å². The maximum absolute atomic E-state index is 12.0. The SMILES string of the molecule is COc1ccc(CCNC(=O)C(C)OC(=O)CCCNC(=O)c2ccco2)cc1. The van der Waals surface area contributed by atoms with Crippen molar-refractivity contribution in [1.82, 2.24) is 10.6 Å². The Kier molecular flexibility index (Phi) is 8.75. The van der Waals surface area contributed by atoms with Gasteiger partial charge in [-0.1, -0.05) is 12.1 Å². The molecule has 1 aromatic heterocycles. The molecule has 2 N–H and O–H groups in total. The van der Waals surface area contributed by atoms with Gasteiger partial charge in [0.15, 0.2) is 11.9 Å². The predicted octanol–water partition coefficient (Wildman–Crippen LogP) is 2.09. The second kappa shape index (κ2) is 11.5. The number of esters is 1. The van der Waals surface area contributed by atoms with Crippen LogP contribution < -0.4 is 15.4 Å². The fourth-order valence-electron chi connectivity index (χ4n) is 2.51. The summed E-state index contributed by atoms with van der Waals surface area (Å²) < 4.78 is 15.2. The van der Waals surface area contributed by atoms with Gasteiger partial charge in [0, 0.05) is 19.5 Å². The fourth-order valence-corrected chi connectivity index (χ4v) is 2.51. The maximum atomic E-state index is 12.0. The molecule has 1 aromatic carbocycles. The second-order valence-corrected chi connectivity index (χ2v) is 6.36. The van der Waals surface area contributed by atoms with E-state index in [0.717, 1.165) is 11.3 Å². The monoisotopic (exact) mass is 402 g/mol. The van der Waals surface area contributed by atoms with Gasteiger partial charge >= 0.3 is 5.97 Å². The van der Waals surface area contributed by atoms with Gasteiger partial charge in [-0.2, -0.15) is 0 Å². The molecule has 0 aliphatic heterocycles. The Morgan fingerprint density at radius 2 is 1.83 bits per heavy atom. The average Bonchev–Trinajstić information content (AvgIpc) is 3.26. The standard InChI is InChI=1S/C21H26N2O6/c1-15(20(25)23-13-11-16-7-9-17(27-2)10-8-16)29-19(24)6-3-12-22-21(26)18-5-4-14-28-18/h4-5,7-10,14-15H,3,6,11-13H2,1-2H3,(H,22,26)(H,23,25). The van der Waals surface area contributed by atoms with E-state index >= 15 is 0 Å². The molecule has 0 aliphatic carbocycles. The number of hydrogen-bond donors (Lipinski definition) is 2. The third-order valence-corrected chi connectivity index (χ3v) is 4.14. The number of hydrogen-bond acceptors (Lipinski definition) is 6. The highest BCUT2D eigenvalue weighted by atomic mass is 16.5. The molecule has 1 unspecified atom stereocenters. The molecule has 2 amide bonds. The van der Waals surface area contributed by atoms with E-state index in [1.807, 2.05) is 24.3 Å². The first-order valence-corrected chi connectivity index (χ1v) is 9.41. The zero-order chi connectivity index (χ0) is 21.1. The number of amides is 2. The molecule has 0 radical (unpaired) electrons. The van der Waals surface area contributed by atoms with Gasteiger partial charge in [0.25, 0.3) is 11.8 Å². The molecule has 0 aliphatic rings. The molecule has 0 spiro atoms. The zero-order valence-electron chi connectivity index (χ0n) is 16.6. The minimum Gasteiger partial charge on any atom is -0.497 e. The molecule has 29 heavy (non-hydrogen) atoms. The number of carbonyl (C=O) groups excluding carboxylic acids is 3. The predicted molar refractivity (Wildman–Crippen MR) is 106 cm³/mol. The number of furan rings is 1. The first kappa shape index (κ1) is 22.0. The molecule has 8 heteroatoms. The highest BCUT2D eigenvalue weighted by Crippen LogP contribution is 2.11. The summed E-state index contributed by atoms with van der Waals surface area (Å²) in [5, 5.41) is 5.39. The Morgan fingerprint density at radius 1 is 1.07 bits per heavy atom. The van der Waals surface area contributed by atoms with E-state index in [2.05, 4.69) is 10.6 Å². The number of nitrogens with one attached hydrogen (secondary N) is 2. The summed E-state index contributed by atoms with van der Waals surface area (Å²) in [4.78, 5) is 35.6. The van der Waals surface area contributed by atoms with Crippen LogP contribution in [0.5, 0.6) is 5.75 Å². The molecular formula is C21H26N2O6. The van der Waals surface area contributed by atoms with Crippen molar-refractivity contribution in [2.24, 2.45) is 0 Å². The van der Waals surface area contributed by atoms with Crippen molar-refractivity contribution in [1.29, 1.82) is 0 Å². The molecule has 1 heterocycles. The summed E-state index contributed by atoms with van der Waals surface area (Å²) >= 11 is 0. The molecule has 0 saturated heterocycles. The van der Waals surface area contributed by atoms with Crippen LogP contribution in [0.3, 0.4) is 0 Å². The Morgan fingerprint density at radius 3 is 2.48 bits per heavy atom. The van der Waals surface area contributed by atoms with Crippen molar-refractivity contribution < 1.29 is 28.3 Å². The summed E-state index contributed by atoms with van der Waals surface area (Å²) in [6.07, 6.45) is 1.69. The summed E-state index contributed by atoms with van der Waals surface area (Å²) in [6, 6.07) is 10.8. The Balaban J connectivity index is 1.58. The first-order valence-electron chi connectivity index (χ1n) is 9.41.